The maximum absolute atomic E-state index is 11.7. The molecular weight excluding hydrogens is 411 g/mol. The highest BCUT2D eigenvalue weighted by Crippen LogP contribution is 2.29. The number of aromatic nitrogens is 5. The summed E-state index contributed by atoms with van der Waals surface area (Å²) in [5, 5.41) is 8.93. The Kier molecular flexibility index (Phi) is 4.69. The van der Waals surface area contributed by atoms with Gasteiger partial charge in [0.1, 0.15) is 21.2 Å². The number of aromatic amines is 1. The van der Waals surface area contributed by atoms with E-state index in [9.17, 15) is 8.42 Å². The minimum atomic E-state index is -2.95. The lowest BCUT2D eigenvalue weighted by Gasteiger charge is -2.19. The highest BCUT2D eigenvalue weighted by molar-refractivity contribution is 7.91. The van der Waals surface area contributed by atoms with Crippen molar-refractivity contribution >= 4 is 44.2 Å². The monoisotopic (exact) mass is 426 g/mol. The first-order valence-corrected chi connectivity index (χ1v) is 10.9. The van der Waals surface area contributed by atoms with Crippen molar-refractivity contribution in [1.29, 1.82) is 5.41 Å². The van der Waals surface area contributed by atoms with E-state index in [1.54, 1.807) is 4.57 Å². The Morgan fingerprint density at radius 2 is 1.89 bits per heavy atom. The fraction of sp³-hybridized carbons (Fsp3) is 0.375. The van der Waals surface area contributed by atoms with Crippen LogP contribution in [0.5, 0.6) is 0 Å². The highest BCUT2D eigenvalue weighted by Gasteiger charge is 2.27. The molecule has 1 saturated heterocycles. The van der Waals surface area contributed by atoms with Gasteiger partial charge in [-0.1, -0.05) is 23.2 Å². The molecule has 2 N–H and O–H groups in total. The van der Waals surface area contributed by atoms with Crippen LogP contribution in [0, 0.1) is 5.41 Å². The van der Waals surface area contributed by atoms with E-state index >= 15 is 0 Å². The molecule has 1 aliphatic heterocycles. The summed E-state index contributed by atoms with van der Waals surface area (Å²) < 4.78 is 25.1. The van der Waals surface area contributed by atoms with E-state index in [-0.39, 0.29) is 22.9 Å². The second kappa shape index (κ2) is 6.88. The van der Waals surface area contributed by atoms with Gasteiger partial charge >= 0.3 is 0 Å². The largest absolute Gasteiger partial charge is 0.337 e. The van der Waals surface area contributed by atoms with E-state index in [1.807, 2.05) is 0 Å². The minimum Gasteiger partial charge on any atom is -0.337 e. The average Bonchev–Trinajstić information content (AvgIpc) is 3.06. The lowest BCUT2D eigenvalue weighted by molar-refractivity contribution is 0.540. The molecule has 4 heterocycles. The number of halogens is 2. The molecule has 0 atom stereocenters. The molecule has 0 aliphatic carbocycles. The first-order chi connectivity index (χ1) is 12.8. The molecule has 4 rings (SSSR count). The van der Waals surface area contributed by atoms with Gasteiger partial charge in [-0.05, 0) is 12.8 Å². The SMILES string of the molecule is N=c1ncn(Cc2c(Cl)cncc2Cl)c2nc(C3CCS(=O)(=O)CC3)[nH]c12. The molecule has 0 bridgehead atoms. The summed E-state index contributed by atoms with van der Waals surface area (Å²) in [6.07, 6.45) is 5.60. The Morgan fingerprint density at radius 3 is 2.56 bits per heavy atom. The summed E-state index contributed by atoms with van der Waals surface area (Å²) in [6, 6.07) is 0. The topological polar surface area (TPSA) is 117 Å². The summed E-state index contributed by atoms with van der Waals surface area (Å²) in [6.45, 7) is 0.327. The molecule has 0 unspecified atom stereocenters. The summed E-state index contributed by atoms with van der Waals surface area (Å²) in [7, 11) is -2.95. The number of H-pyrrole nitrogens is 1. The smallest absolute Gasteiger partial charge is 0.173 e. The Labute approximate surface area is 165 Å². The zero-order chi connectivity index (χ0) is 19.2. The van der Waals surface area contributed by atoms with E-state index in [0.717, 1.165) is 0 Å². The van der Waals surface area contributed by atoms with E-state index in [1.165, 1.54) is 18.7 Å². The van der Waals surface area contributed by atoms with Crippen LogP contribution in [0.15, 0.2) is 18.7 Å². The maximum atomic E-state index is 11.7. The van der Waals surface area contributed by atoms with Crippen molar-refractivity contribution < 1.29 is 8.42 Å². The van der Waals surface area contributed by atoms with Crippen molar-refractivity contribution in [2.45, 2.75) is 25.3 Å². The molecule has 0 aromatic carbocycles. The summed E-state index contributed by atoms with van der Waals surface area (Å²) in [4.78, 5) is 15.9. The van der Waals surface area contributed by atoms with E-state index in [4.69, 9.17) is 28.6 Å². The zero-order valence-corrected chi connectivity index (χ0v) is 16.4. The second-order valence-corrected chi connectivity index (χ2v) is 9.67. The third kappa shape index (κ3) is 3.59. The van der Waals surface area contributed by atoms with E-state index in [0.29, 0.717) is 52.0 Å². The number of nitrogens with zero attached hydrogens (tertiary/aromatic N) is 4. The third-order valence-corrected chi connectivity index (χ3v) is 7.13. The van der Waals surface area contributed by atoms with Gasteiger partial charge in [-0.3, -0.25) is 10.4 Å². The van der Waals surface area contributed by atoms with Crippen LogP contribution in [0.4, 0.5) is 0 Å². The number of hydrogen-bond acceptors (Lipinski definition) is 6. The molecule has 0 radical (unpaired) electrons. The summed E-state index contributed by atoms with van der Waals surface area (Å²) in [5.41, 5.74) is 1.83. The van der Waals surface area contributed by atoms with E-state index < -0.39 is 9.84 Å². The minimum absolute atomic E-state index is 0.0156. The lowest BCUT2D eigenvalue weighted by Crippen LogP contribution is -2.22. The van der Waals surface area contributed by atoms with Gasteiger partial charge in [-0.15, -0.1) is 0 Å². The molecule has 1 aliphatic rings. The quantitative estimate of drug-likeness (QED) is 0.665. The Balaban J connectivity index is 1.74. The fourth-order valence-electron chi connectivity index (χ4n) is 3.23. The molecule has 11 heteroatoms. The van der Waals surface area contributed by atoms with Gasteiger partial charge in [-0.25, -0.2) is 18.4 Å². The molecule has 8 nitrogen and oxygen atoms in total. The lowest BCUT2D eigenvalue weighted by atomic mass is 10.0. The van der Waals surface area contributed by atoms with Crippen LogP contribution in [0.3, 0.4) is 0 Å². The standard InChI is InChI=1S/C16H16Cl2N6O2S/c17-11-5-20-6-12(18)10(11)7-24-8-21-14(19)13-16(24)23-15(22-13)9-1-3-27(25,26)4-2-9/h5-6,8-9,19H,1-4,7H2,(H,22,23). The summed E-state index contributed by atoms with van der Waals surface area (Å²) in [5.74, 6) is 1.01. The number of imidazole rings is 1. The first kappa shape index (κ1) is 18.4. The molecule has 27 heavy (non-hydrogen) atoms. The van der Waals surface area contributed by atoms with Gasteiger partial charge in [0.15, 0.2) is 11.1 Å². The van der Waals surface area contributed by atoms with Gasteiger partial charge in [-0.2, -0.15) is 0 Å². The van der Waals surface area contributed by atoms with Gasteiger partial charge in [0.2, 0.25) is 0 Å². The van der Waals surface area contributed by atoms with Crippen molar-refractivity contribution in [1.82, 2.24) is 24.5 Å². The normalized spacial score (nSPS) is 17.4. The molecule has 3 aromatic heterocycles. The number of fused-ring (bicyclic) bond motifs is 1. The Bertz CT molecular complexity index is 1150. The molecular formula is C16H16Cl2N6O2S. The van der Waals surface area contributed by atoms with Crippen LogP contribution < -0.4 is 5.49 Å². The van der Waals surface area contributed by atoms with Crippen LogP contribution >= 0.6 is 23.2 Å². The van der Waals surface area contributed by atoms with Gasteiger partial charge in [0, 0.05) is 23.9 Å². The number of nitrogens with one attached hydrogen (secondary N) is 2. The fourth-order valence-corrected chi connectivity index (χ4v) is 5.21. The number of pyridine rings is 1. The highest BCUT2D eigenvalue weighted by atomic mass is 35.5. The van der Waals surface area contributed by atoms with Crippen molar-refractivity contribution in [3.8, 4) is 0 Å². The van der Waals surface area contributed by atoms with Crippen molar-refractivity contribution in [3.63, 3.8) is 0 Å². The van der Waals surface area contributed by atoms with Crippen LogP contribution in [-0.2, 0) is 16.4 Å². The molecule has 142 valence electrons. The van der Waals surface area contributed by atoms with Gasteiger partial charge in [0.25, 0.3) is 0 Å². The number of sulfone groups is 1. The van der Waals surface area contributed by atoms with Crippen LogP contribution in [0.25, 0.3) is 11.2 Å². The van der Waals surface area contributed by atoms with Crippen LogP contribution in [0.2, 0.25) is 10.0 Å². The first-order valence-electron chi connectivity index (χ1n) is 8.32. The van der Waals surface area contributed by atoms with E-state index in [2.05, 4.69) is 19.9 Å². The Morgan fingerprint density at radius 1 is 1.22 bits per heavy atom. The molecule has 0 spiro atoms. The molecule has 3 aromatic rings. The number of hydrogen-bond donors (Lipinski definition) is 2. The third-order valence-electron chi connectivity index (χ3n) is 4.76. The van der Waals surface area contributed by atoms with Gasteiger partial charge < -0.3 is 9.55 Å². The maximum Gasteiger partial charge on any atom is 0.173 e. The number of rotatable bonds is 3. The van der Waals surface area contributed by atoms with Gasteiger partial charge in [0.05, 0.1) is 34.4 Å². The summed E-state index contributed by atoms with van der Waals surface area (Å²) >= 11 is 12.4. The zero-order valence-electron chi connectivity index (χ0n) is 14.1. The van der Waals surface area contributed by atoms with Crippen LogP contribution in [0.1, 0.15) is 30.1 Å². The van der Waals surface area contributed by atoms with Crippen molar-refractivity contribution in [3.05, 3.63) is 45.6 Å². The molecule has 1 fully saturated rings. The predicted molar refractivity (Wildman–Crippen MR) is 102 cm³/mol. The Hall–Kier alpha value is -1.97. The molecule has 0 saturated carbocycles. The van der Waals surface area contributed by atoms with Crippen LogP contribution in [-0.4, -0.2) is 44.4 Å². The predicted octanol–water partition coefficient (Wildman–Crippen LogP) is 2.28. The van der Waals surface area contributed by atoms with Crippen molar-refractivity contribution in [2.24, 2.45) is 0 Å². The van der Waals surface area contributed by atoms with Crippen molar-refractivity contribution in [2.75, 3.05) is 11.5 Å². The second-order valence-electron chi connectivity index (χ2n) is 6.55. The molecule has 0 amide bonds. The average molecular weight is 427 g/mol.